The summed E-state index contributed by atoms with van der Waals surface area (Å²) >= 11 is 0. The molecular weight excluding hydrogens is 232 g/mol. The van der Waals surface area contributed by atoms with Crippen molar-refractivity contribution in [3.05, 3.63) is 35.9 Å². The Bertz CT molecular complexity index is 441. The number of carboxylic acid groups (broad SMARTS) is 1. The molecule has 0 heterocycles. The Labute approximate surface area is 105 Å². The van der Waals surface area contributed by atoms with Gasteiger partial charge in [-0.25, -0.2) is 4.79 Å². The lowest BCUT2D eigenvalue weighted by atomic mass is 9.79. The van der Waals surface area contributed by atoms with Crippen molar-refractivity contribution in [2.24, 2.45) is 11.7 Å². The SMILES string of the molecule is NC(=O)C1CC(N(Cc2ccccc2)C(=O)O)C1. The van der Waals surface area contributed by atoms with Gasteiger partial charge in [0.1, 0.15) is 0 Å². The van der Waals surface area contributed by atoms with E-state index in [4.69, 9.17) is 5.73 Å². The number of carbonyl (C=O) groups excluding carboxylic acids is 1. The van der Waals surface area contributed by atoms with Crippen molar-refractivity contribution in [1.29, 1.82) is 0 Å². The number of benzene rings is 1. The van der Waals surface area contributed by atoms with E-state index in [1.165, 1.54) is 4.90 Å². The molecule has 0 spiro atoms. The summed E-state index contributed by atoms with van der Waals surface area (Å²) in [6.07, 6.45) is 0.120. The zero-order valence-electron chi connectivity index (χ0n) is 9.95. The monoisotopic (exact) mass is 248 g/mol. The van der Waals surface area contributed by atoms with Crippen molar-refractivity contribution >= 4 is 12.0 Å². The number of hydrogen-bond acceptors (Lipinski definition) is 2. The molecule has 0 aromatic heterocycles. The quantitative estimate of drug-likeness (QED) is 0.845. The molecule has 2 rings (SSSR count). The molecule has 96 valence electrons. The third-order valence-electron chi connectivity index (χ3n) is 3.40. The van der Waals surface area contributed by atoms with E-state index in [1.807, 2.05) is 30.3 Å². The highest BCUT2D eigenvalue weighted by atomic mass is 16.4. The Morgan fingerprint density at radius 1 is 1.28 bits per heavy atom. The van der Waals surface area contributed by atoms with Gasteiger partial charge in [-0.3, -0.25) is 4.79 Å². The van der Waals surface area contributed by atoms with Gasteiger partial charge in [0.05, 0.1) is 0 Å². The van der Waals surface area contributed by atoms with Gasteiger partial charge in [0.15, 0.2) is 0 Å². The van der Waals surface area contributed by atoms with Crippen LogP contribution in [0, 0.1) is 5.92 Å². The second kappa shape index (κ2) is 5.08. The van der Waals surface area contributed by atoms with E-state index < -0.39 is 6.09 Å². The second-order valence-corrected chi connectivity index (χ2v) is 4.62. The van der Waals surface area contributed by atoms with E-state index in [9.17, 15) is 14.7 Å². The molecular formula is C13H16N2O3. The molecule has 0 radical (unpaired) electrons. The lowest BCUT2D eigenvalue weighted by molar-refractivity contribution is -0.126. The summed E-state index contributed by atoms with van der Waals surface area (Å²) in [7, 11) is 0. The summed E-state index contributed by atoms with van der Waals surface area (Å²) < 4.78 is 0. The van der Waals surface area contributed by atoms with Crippen molar-refractivity contribution in [2.75, 3.05) is 0 Å². The maximum atomic E-state index is 11.2. The first kappa shape index (κ1) is 12.4. The van der Waals surface area contributed by atoms with Gasteiger partial charge in [0.2, 0.25) is 5.91 Å². The van der Waals surface area contributed by atoms with Crippen LogP contribution >= 0.6 is 0 Å². The van der Waals surface area contributed by atoms with Crippen molar-refractivity contribution in [3.8, 4) is 0 Å². The second-order valence-electron chi connectivity index (χ2n) is 4.62. The lowest BCUT2D eigenvalue weighted by Crippen LogP contribution is -2.50. The lowest BCUT2D eigenvalue weighted by Gasteiger charge is -2.40. The molecule has 0 bridgehead atoms. The predicted octanol–water partition coefficient (Wildman–Crippen LogP) is 1.43. The van der Waals surface area contributed by atoms with Crippen LogP contribution in [0.4, 0.5) is 4.79 Å². The normalized spacial score (nSPS) is 22.0. The molecule has 1 fully saturated rings. The average molecular weight is 248 g/mol. The highest BCUT2D eigenvalue weighted by Gasteiger charge is 2.38. The number of rotatable bonds is 4. The highest BCUT2D eigenvalue weighted by Crippen LogP contribution is 2.32. The summed E-state index contributed by atoms with van der Waals surface area (Å²) in [5.41, 5.74) is 6.13. The minimum absolute atomic E-state index is 0.0970. The van der Waals surface area contributed by atoms with E-state index in [0.717, 1.165) is 5.56 Å². The minimum atomic E-state index is -0.952. The number of amides is 2. The molecule has 3 N–H and O–H groups in total. The van der Waals surface area contributed by atoms with E-state index in [2.05, 4.69) is 0 Å². The fraction of sp³-hybridized carbons (Fsp3) is 0.385. The minimum Gasteiger partial charge on any atom is -0.465 e. The Morgan fingerprint density at radius 3 is 2.39 bits per heavy atom. The van der Waals surface area contributed by atoms with E-state index in [-0.39, 0.29) is 17.9 Å². The summed E-state index contributed by atoms with van der Waals surface area (Å²) in [5, 5.41) is 9.20. The number of primary amides is 1. The zero-order valence-corrected chi connectivity index (χ0v) is 9.95. The Balaban J connectivity index is 1.98. The smallest absolute Gasteiger partial charge is 0.407 e. The summed E-state index contributed by atoms with van der Waals surface area (Å²) in [4.78, 5) is 23.5. The van der Waals surface area contributed by atoms with Gasteiger partial charge in [-0.2, -0.15) is 0 Å². The number of carbonyl (C=O) groups is 2. The van der Waals surface area contributed by atoms with Crippen LogP contribution < -0.4 is 5.73 Å². The van der Waals surface area contributed by atoms with Gasteiger partial charge in [-0.15, -0.1) is 0 Å². The molecule has 1 aromatic rings. The van der Waals surface area contributed by atoms with Crippen LogP contribution in [0.5, 0.6) is 0 Å². The van der Waals surface area contributed by atoms with Crippen LogP contribution in [0.3, 0.4) is 0 Å². The van der Waals surface area contributed by atoms with Crippen LogP contribution in [-0.2, 0) is 11.3 Å². The first-order valence-corrected chi connectivity index (χ1v) is 5.90. The number of hydrogen-bond donors (Lipinski definition) is 2. The van der Waals surface area contributed by atoms with Crippen molar-refractivity contribution in [2.45, 2.75) is 25.4 Å². The van der Waals surface area contributed by atoms with Crippen molar-refractivity contribution in [1.82, 2.24) is 4.90 Å². The van der Waals surface area contributed by atoms with E-state index in [1.54, 1.807) is 0 Å². The maximum absolute atomic E-state index is 11.2. The van der Waals surface area contributed by atoms with Crippen molar-refractivity contribution in [3.63, 3.8) is 0 Å². The molecule has 1 aliphatic rings. The van der Waals surface area contributed by atoms with E-state index >= 15 is 0 Å². The predicted molar refractivity (Wildman–Crippen MR) is 65.7 cm³/mol. The number of nitrogens with zero attached hydrogens (tertiary/aromatic N) is 1. The molecule has 1 aliphatic carbocycles. The van der Waals surface area contributed by atoms with Crippen LogP contribution in [0.25, 0.3) is 0 Å². The van der Waals surface area contributed by atoms with Crippen LogP contribution in [-0.4, -0.2) is 28.0 Å². The van der Waals surface area contributed by atoms with Crippen molar-refractivity contribution < 1.29 is 14.7 Å². The highest BCUT2D eigenvalue weighted by molar-refractivity contribution is 5.78. The van der Waals surface area contributed by atoms with Gasteiger partial charge in [-0.1, -0.05) is 30.3 Å². The summed E-state index contributed by atoms with van der Waals surface area (Å²) in [5.74, 6) is -0.510. The summed E-state index contributed by atoms with van der Waals surface area (Å²) in [6, 6.07) is 9.33. The molecule has 0 atom stereocenters. The third kappa shape index (κ3) is 2.61. The van der Waals surface area contributed by atoms with Gasteiger partial charge in [-0.05, 0) is 18.4 Å². The van der Waals surface area contributed by atoms with Crippen LogP contribution in [0.1, 0.15) is 18.4 Å². The number of nitrogens with two attached hydrogens (primary N) is 1. The average Bonchev–Trinajstić information content (AvgIpc) is 2.26. The topological polar surface area (TPSA) is 83.6 Å². The largest absolute Gasteiger partial charge is 0.465 e. The van der Waals surface area contributed by atoms with Gasteiger partial charge in [0, 0.05) is 18.5 Å². The standard InChI is InChI=1S/C13H16N2O3/c14-12(16)10-6-11(7-10)15(13(17)18)8-9-4-2-1-3-5-9/h1-5,10-11H,6-8H2,(H2,14,16)(H,17,18). The summed E-state index contributed by atoms with van der Waals surface area (Å²) in [6.45, 7) is 0.353. The molecule has 0 unspecified atom stereocenters. The Morgan fingerprint density at radius 2 is 1.89 bits per heavy atom. The molecule has 5 heteroatoms. The molecule has 1 aromatic carbocycles. The molecule has 0 saturated heterocycles. The molecule has 18 heavy (non-hydrogen) atoms. The van der Waals surface area contributed by atoms with Crippen LogP contribution in [0.15, 0.2) is 30.3 Å². The fourth-order valence-electron chi connectivity index (χ4n) is 2.21. The molecule has 2 amide bonds. The Kier molecular flexibility index (Phi) is 3.50. The Hall–Kier alpha value is -2.04. The van der Waals surface area contributed by atoms with E-state index in [0.29, 0.717) is 19.4 Å². The molecule has 0 aliphatic heterocycles. The first-order valence-electron chi connectivity index (χ1n) is 5.90. The van der Waals surface area contributed by atoms with Gasteiger partial charge < -0.3 is 15.7 Å². The van der Waals surface area contributed by atoms with Gasteiger partial charge in [0.25, 0.3) is 0 Å². The fourth-order valence-corrected chi connectivity index (χ4v) is 2.21. The molecule has 5 nitrogen and oxygen atoms in total. The maximum Gasteiger partial charge on any atom is 0.407 e. The first-order chi connectivity index (χ1) is 8.58. The molecule has 1 saturated carbocycles. The van der Waals surface area contributed by atoms with Gasteiger partial charge >= 0.3 is 6.09 Å². The third-order valence-corrected chi connectivity index (χ3v) is 3.40. The zero-order chi connectivity index (χ0) is 13.1. The van der Waals surface area contributed by atoms with Crippen LogP contribution in [0.2, 0.25) is 0 Å².